The topological polar surface area (TPSA) is 61.5 Å². The molecule has 1 fully saturated rings. The minimum Gasteiger partial charge on any atom is -0.497 e. The van der Waals surface area contributed by atoms with Crippen molar-refractivity contribution in [3.05, 3.63) is 29.8 Å². The van der Waals surface area contributed by atoms with Gasteiger partial charge in [0.05, 0.1) is 19.6 Å². The second-order valence-corrected chi connectivity index (χ2v) is 5.15. The third-order valence-corrected chi connectivity index (χ3v) is 3.99. The summed E-state index contributed by atoms with van der Waals surface area (Å²) in [5.41, 5.74) is 6.42. The average Bonchev–Trinajstić information content (AvgIpc) is 3.29. The largest absolute Gasteiger partial charge is 0.497 e. The summed E-state index contributed by atoms with van der Waals surface area (Å²) in [4.78, 5) is 12.1. The van der Waals surface area contributed by atoms with E-state index in [-0.39, 0.29) is 5.97 Å². The van der Waals surface area contributed by atoms with Crippen molar-refractivity contribution in [3.63, 3.8) is 0 Å². The van der Waals surface area contributed by atoms with Gasteiger partial charge < -0.3 is 15.2 Å². The number of carbonyl (C=O) groups excluding carboxylic acids is 1. The normalized spacial score (nSPS) is 17.6. The highest BCUT2D eigenvalue weighted by atomic mass is 16.5. The van der Waals surface area contributed by atoms with E-state index in [1.165, 1.54) is 7.11 Å². The van der Waals surface area contributed by atoms with Crippen molar-refractivity contribution in [3.8, 4) is 5.75 Å². The highest BCUT2D eigenvalue weighted by Crippen LogP contribution is 2.47. The van der Waals surface area contributed by atoms with Crippen LogP contribution >= 0.6 is 0 Å². The van der Waals surface area contributed by atoms with Crippen LogP contribution in [0.5, 0.6) is 5.75 Å². The summed E-state index contributed by atoms with van der Waals surface area (Å²) in [5, 5.41) is 0. The third kappa shape index (κ3) is 2.73. The van der Waals surface area contributed by atoms with Gasteiger partial charge in [0, 0.05) is 6.54 Å². The maximum absolute atomic E-state index is 12.1. The van der Waals surface area contributed by atoms with Gasteiger partial charge in [-0.1, -0.05) is 12.1 Å². The standard InChI is InChI=1S/C15H21NO3/c1-18-13-7-3-11(4-8-13)9-15(10-16,12-5-6-12)14(17)19-2/h3-4,7-8,12H,5-6,9-10,16H2,1-2H3. The number of ether oxygens (including phenoxy) is 2. The quantitative estimate of drug-likeness (QED) is 0.794. The first-order chi connectivity index (χ1) is 9.16. The lowest BCUT2D eigenvalue weighted by Crippen LogP contribution is -2.43. The number of hydrogen-bond acceptors (Lipinski definition) is 4. The molecule has 1 unspecified atom stereocenters. The Labute approximate surface area is 113 Å². The summed E-state index contributed by atoms with van der Waals surface area (Å²) in [6, 6.07) is 7.77. The van der Waals surface area contributed by atoms with Crippen LogP contribution in [0.2, 0.25) is 0 Å². The molecule has 2 N–H and O–H groups in total. The first-order valence-corrected chi connectivity index (χ1v) is 6.57. The molecule has 1 aliphatic carbocycles. The summed E-state index contributed by atoms with van der Waals surface area (Å²) < 4.78 is 10.1. The zero-order valence-electron chi connectivity index (χ0n) is 11.5. The number of esters is 1. The number of benzene rings is 1. The van der Waals surface area contributed by atoms with E-state index in [9.17, 15) is 4.79 Å². The molecule has 104 valence electrons. The van der Waals surface area contributed by atoms with E-state index in [2.05, 4.69) is 0 Å². The Morgan fingerprint density at radius 1 is 1.32 bits per heavy atom. The fourth-order valence-electron chi connectivity index (χ4n) is 2.65. The van der Waals surface area contributed by atoms with Crippen LogP contribution in [-0.2, 0) is 16.0 Å². The van der Waals surface area contributed by atoms with Gasteiger partial charge >= 0.3 is 5.97 Å². The van der Waals surface area contributed by atoms with Crippen LogP contribution in [-0.4, -0.2) is 26.7 Å². The van der Waals surface area contributed by atoms with E-state index in [0.717, 1.165) is 24.2 Å². The van der Waals surface area contributed by atoms with Gasteiger partial charge in [0.2, 0.25) is 0 Å². The molecule has 4 nitrogen and oxygen atoms in total. The number of rotatable bonds is 6. The lowest BCUT2D eigenvalue weighted by molar-refractivity contribution is -0.153. The maximum atomic E-state index is 12.1. The minimum atomic E-state index is -0.566. The number of hydrogen-bond donors (Lipinski definition) is 1. The van der Waals surface area contributed by atoms with E-state index in [4.69, 9.17) is 15.2 Å². The summed E-state index contributed by atoms with van der Waals surface area (Å²) in [7, 11) is 3.07. The Hall–Kier alpha value is -1.55. The van der Waals surface area contributed by atoms with Crippen LogP contribution in [0.25, 0.3) is 0 Å². The fourth-order valence-corrected chi connectivity index (χ4v) is 2.65. The smallest absolute Gasteiger partial charge is 0.313 e. The SMILES string of the molecule is COC(=O)C(CN)(Cc1ccc(OC)cc1)C1CC1. The predicted octanol–water partition coefficient (Wildman–Crippen LogP) is 1.77. The summed E-state index contributed by atoms with van der Waals surface area (Å²) in [6.07, 6.45) is 2.75. The molecule has 1 saturated carbocycles. The van der Waals surface area contributed by atoms with Crippen LogP contribution in [0.1, 0.15) is 18.4 Å². The molecule has 1 aromatic carbocycles. The van der Waals surface area contributed by atoms with Crippen LogP contribution < -0.4 is 10.5 Å². The highest BCUT2D eigenvalue weighted by molar-refractivity contribution is 5.78. The van der Waals surface area contributed by atoms with Crippen molar-refractivity contribution in [2.24, 2.45) is 17.1 Å². The molecule has 2 rings (SSSR count). The van der Waals surface area contributed by atoms with Crippen molar-refractivity contribution in [1.82, 2.24) is 0 Å². The van der Waals surface area contributed by atoms with Crippen LogP contribution in [0.3, 0.4) is 0 Å². The molecule has 0 radical (unpaired) electrons. The van der Waals surface area contributed by atoms with Gasteiger partial charge in [-0.15, -0.1) is 0 Å². The molecule has 0 aliphatic heterocycles. The van der Waals surface area contributed by atoms with Gasteiger partial charge in [0.1, 0.15) is 5.75 Å². The Morgan fingerprint density at radius 2 is 1.95 bits per heavy atom. The van der Waals surface area contributed by atoms with E-state index in [1.807, 2.05) is 24.3 Å². The van der Waals surface area contributed by atoms with Gasteiger partial charge in [0.25, 0.3) is 0 Å². The Bertz CT molecular complexity index is 439. The van der Waals surface area contributed by atoms with E-state index in [0.29, 0.717) is 18.9 Å². The molecule has 0 spiro atoms. The lowest BCUT2D eigenvalue weighted by atomic mass is 9.77. The molecule has 1 aromatic rings. The van der Waals surface area contributed by atoms with Gasteiger partial charge in [-0.25, -0.2) is 0 Å². The van der Waals surface area contributed by atoms with Crippen molar-refractivity contribution in [1.29, 1.82) is 0 Å². The van der Waals surface area contributed by atoms with E-state index < -0.39 is 5.41 Å². The summed E-state index contributed by atoms with van der Waals surface area (Å²) >= 11 is 0. The van der Waals surface area contributed by atoms with Crippen LogP contribution in [0.15, 0.2) is 24.3 Å². The Morgan fingerprint density at radius 3 is 2.37 bits per heavy atom. The Balaban J connectivity index is 2.21. The molecule has 4 heteroatoms. The summed E-state index contributed by atoms with van der Waals surface area (Å²) in [6.45, 7) is 0.330. The first-order valence-electron chi connectivity index (χ1n) is 6.57. The second-order valence-electron chi connectivity index (χ2n) is 5.15. The van der Waals surface area contributed by atoms with Gasteiger partial charge in [0.15, 0.2) is 0 Å². The van der Waals surface area contributed by atoms with Gasteiger partial charge in [-0.3, -0.25) is 4.79 Å². The maximum Gasteiger partial charge on any atom is 0.313 e. The van der Waals surface area contributed by atoms with Crippen LogP contribution in [0, 0.1) is 11.3 Å². The first kappa shape index (κ1) is 13.9. The van der Waals surface area contributed by atoms with Gasteiger partial charge in [-0.05, 0) is 42.9 Å². The Kier molecular flexibility index (Phi) is 4.10. The fraction of sp³-hybridized carbons (Fsp3) is 0.533. The van der Waals surface area contributed by atoms with Crippen LogP contribution in [0.4, 0.5) is 0 Å². The van der Waals surface area contributed by atoms with E-state index in [1.54, 1.807) is 7.11 Å². The molecule has 0 amide bonds. The van der Waals surface area contributed by atoms with Crippen molar-refractivity contribution in [2.45, 2.75) is 19.3 Å². The highest BCUT2D eigenvalue weighted by Gasteiger charge is 2.50. The molecular formula is C15H21NO3. The number of methoxy groups -OCH3 is 2. The molecule has 1 atom stereocenters. The van der Waals surface area contributed by atoms with Gasteiger partial charge in [-0.2, -0.15) is 0 Å². The van der Waals surface area contributed by atoms with Crippen molar-refractivity contribution in [2.75, 3.05) is 20.8 Å². The third-order valence-electron chi connectivity index (χ3n) is 3.99. The molecule has 19 heavy (non-hydrogen) atoms. The molecule has 0 heterocycles. The molecule has 1 aliphatic rings. The van der Waals surface area contributed by atoms with E-state index >= 15 is 0 Å². The van der Waals surface area contributed by atoms with Crippen molar-refractivity contribution >= 4 is 5.97 Å². The monoisotopic (exact) mass is 263 g/mol. The number of nitrogens with two attached hydrogens (primary N) is 1. The predicted molar refractivity (Wildman–Crippen MR) is 72.9 cm³/mol. The number of carbonyl (C=O) groups is 1. The summed E-state index contributed by atoms with van der Waals surface area (Å²) in [5.74, 6) is 0.979. The zero-order chi connectivity index (χ0) is 13.9. The average molecular weight is 263 g/mol. The second kappa shape index (κ2) is 5.61. The van der Waals surface area contributed by atoms with Crippen molar-refractivity contribution < 1.29 is 14.3 Å². The molecule has 0 saturated heterocycles. The molecule has 0 bridgehead atoms. The molecular weight excluding hydrogens is 242 g/mol. The lowest BCUT2D eigenvalue weighted by Gasteiger charge is -2.29. The minimum absolute atomic E-state index is 0.187. The zero-order valence-corrected chi connectivity index (χ0v) is 11.5. The molecule has 0 aromatic heterocycles.